The number of carbonyl (C=O) groups excluding carboxylic acids is 1. The number of hydrogen-bond donors (Lipinski definition) is 2. The Hall–Kier alpha value is -1.52. The summed E-state index contributed by atoms with van der Waals surface area (Å²) in [5.41, 5.74) is -1.01. The van der Waals surface area contributed by atoms with Crippen LogP contribution in [0.1, 0.15) is 53.9 Å². The van der Waals surface area contributed by atoms with Crippen LogP contribution >= 0.6 is 0 Å². The van der Waals surface area contributed by atoms with Gasteiger partial charge in [-0.3, -0.25) is 0 Å². The molecule has 0 saturated carbocycles. The van der Waals surface area contributed by atoms with E-state index in [1.54, 1.807) is 26.8 Å². The van der Waals surface area contributed by atoms with E-state index in [9.17, 15) is 9.59 Å². The molecule has 0 rings (SSSR count). The van der Waals surface area contributed by atoms with Crippen molar-refractivity contribution >= 4 is 12.1 Å². The van der Waals surface area contributed by atoms with Gasteiger partial charge >= 0.3 is 12.1 Å². The van der Waals surface area contributed by atoms with Gasteiger partial charge in [-0.25, -0.2) is 9.59 Å². The predicted octanol–water partition coefficient (Wildman–Crippen LogP) is 3.10. The van der Waals surface area contributed by atoms with Gasteiger partial charge in [0.1, 0.15) is 5.60 Å². The molecular weight excluding hydrogens is 246 g/mol. The lowest BCUT2D eigenvalue weighted by Crippen LogP contribution is -2.49. The molecule has 19 heavy (non-hydrogen) atoms. The zero-order valence-corrected chi connectivity index (χ0v) is 12.4. The summed E-state index contributed by atoms with van der Waals surface area (Å²) in [6, 6.07) is 0. The third kappa shape index (κ3) is 7.49. The van der Waals surface area contributed by atoms with Gasteiger partial charge in [0.15, 0.2) is 0 Å². The number of carbonyl (C=O) groups is 2. The molecular formula is C14H25NO4. The smallest absolute Gasteiger partial charge is 0.408 e. The van der Waals surface area contributed by atoms with Crippen molar-refractivity contribution in [3.05, 3.63) is 12.2 Å². The molecule has 0 radical (unpaired) electrons. The van der Waals surface area contributed by atoms with Crippen molar-refractivity contribution in [3.63, 3.8) is 0 Å². The normalized spacial score (nSPS) is 12.5. The lowest BCUT2D eigenvalue weighted by molar-refractivity contribution is -0.131. The molecule has 2 N–H and O–H groups in total. The molecule has 0 saturated heterocycles. The van der Waals surface area contributed by atoms with Crippen molar-refractivity contribution in [2.24, 2.45) is 0 Å². The quantitative estimate of drug-likeness (QED) is 0.728. The van der Waals surface area contributed by atoms with Crippen LogP contribution in [-0.2, 0) is 9.53 Å². The van der Waals surface area contributed by atoms with Gasteiger partial charge in [-0.05, 0) is 40.0 Å². The maximum atomic E-state index is 11.8. The lowest BCUT2D eigenvalue weighted by Gasteiger charge is -2.33. The van der Waals surface area contributed by atoms with E-state index in [-0.39, 0.29) is 0 Å². The molecule has 110 valence electrons. The zero-order valence-electron chi connectivity index (χ0n) is 12.4. The molecule has 0 aliphatic carbocycles. The fourth-order valence-electron chi connectivity index (χ4n) is 1.67. The molecule has 0 aliphatic rings. The van der Waals surface area contributed by atoms with Crippen LogP contribution in [-0.4, -0.2) is 28.3 Å². The highest BCUT2D eigenvalue weighted by molar-refractivity contribution is 5.79. The number of nitrogens with one attached hydrogen (secondary N) is 1. The van der Waals surface area contributed by atoms with Crippen molar-refractivity contribution in [2.45, 2.75) is 65.0 Å². The first kappa shape index (κ1) is 17.5. The Bertz CT molecular complexity index is 338. The summed E-state index contributed by atoms with van der Waals surface area (Å²) in [6.07, 6.45) is 4.05. The fourth-order valence-corrected chi connectivity index (χ4v) is 1.67. The maximum absolute atomic E-state index is 11.8. The minimum atomic E-state index is -0.988. The average Bonchev–Trinajstić information content (AvgIpc) is 2.24. The van der Waals surface area contributed by atoms with Gasteiger partial charge in [-0.2, -0.15) is 0 Å². The number of hydrogen-bond acceptors (Lipinski definition) is 3. The first-order chi connectivity index (χ1) is 8.64. The second-order valence-corrected chi connectivity index (χ2v) is 5.56. The summed E-state index contributed by atoms with van der Waals surface area (Å²) in [5, 5.41) is 11.4. The first-order valence-electron chi connectivity index (χ1n) is 6.55. The average molecular weight is 271 g/mol. The largest absolute Gasteiger partial charge is 0.478 e. The summed E-state index contributed by atoms with van der Waals surface area (Å²) in [4.78, 5) is 22.3. The highest BCUT2D eigenvalue weighted by Gasteiger charge is 2.29. The van der Waals surface area contributed by atoms with Gasteiger partial charge < -0.3 is 15.2 Å². The first-order valence-corrected chi connectivity index (χ1v) is 6.55. The summed E-state index contributed by atoms with van der Waals surface area (Å²) >= 11 is 0. The highest BCUT2D eigenvalue weighted by atomic mass is 16.6. The second-order valence-electron chi connectivity index (χ2n) is 5.56. The summed E-state index contributed by atoms with van der Waals surface area (Å²) in [7, 11) is 0. The molecule has 0 bridgehead atoms. The molecule has 0 heterocycles. The lowest BCUT2D eigenvalue weighted by atomic mass is 9.89. The predicted molar refractivity (Wildman–Crippen MR) is 74.1 cm³/mol. The van der Waals surface area contributed by atoms with Gasteiger partial charge in [0.05, 0.1) is 0 Å². The van der Waals surface area contributed by atoms with E-state index < -0.39 is 23.2 Å². The number of ether oxygens (including phenoxy) is 1. The molecule has 0 aliphatic heterocycles. The number of alkyl carbamates (subject to hydrolysis) is 1. The van der Waals surface area contributed by atoms with Gasteiger partial charge in [0, 0.05) is 11.6 Å². The number of amides is 1. The van der Waals surface area contributed by atoms with E-state index in [0.717, 1.165) is 6.08 Å². The van der Waals surface area contributed by atoms with Crippen LogP contribution < -0.4 is 5.32 Å². The number of rotatable bonds is 6. The van der Waals surface area contributed by atoms with E-state index in [1.807, 2.05) is 13.8 Å². The minimum absolute atomic E-state index is 0.464. The van der Waals surface area contributed by atoms with E-state index in [0.29, 0.717) is 19.3 Å². The minimum Gasteiger partial charge on any atom is -0.478 e. The second kappa shape index (κ2) is 7.16. The van der Waals surface area contributed by atoms with Crippen LogP contribution in [0, 0.1) is 0 Å². The fraction of sp³-hybridized carbons (Fsp3) is 0.714. The van der Waals surface area contributed by atoms with Crippen LogP contribution in [0.5, 0.6) is 0 Å². The molecule has 0 spiro atoms. The molecule has 0 fully saturated rings. The Balaban J connectivity index is 4.70. The topological polar surface area (TPSA) is 75.6 Å². The molecule has 0 aromatic carbocycles. The summed E-state index contributed by atoms with van der Waals surface area (Å²) in [6.45, 7) is 9.31. The van der Waals surface area contributed by atoms with Gasteiger partial charge in [0.2, 0.25) is 0 Å². The van der Waals surface area contributed by atoms with Gasteiger partial charge in [-0.15, -0.1) is 0 Å². The monoisotopic (exact) mass is 271 g/mol. The van der Waals surface area contributed by atoms with Gasteiger partial charge in [0.25, 0.3) is 0 Å². The highest BCUT2D eigenvalue weighted by Crippen LogP contribution is 2.21. The summed E-state index contributed by atoms with van der Waals surface area (Å²) in [5.74, 6) is -0.988. The van der Waals surface area contributed by atoms with Crippen LogP contribution in [0.4, 0.5) is 4.79 Å². The Morgan fingerprint density at radius 1 is 1.21 bits per heavy atom. The van der Waals surface area contributed by atoms with Crippen LogP contribution in [0.2, 0.25) is 0 Å². The Labute approximate surface area is 115 Å². The van der Waals surface area contributed by atoms with Gasteiger partial charge in [-0.1, -0.05) is 19.9 Å². The van der Waals surface area contributed by atoms with Crippen LogP contribution in [0.3, 0.4) is 0 Å². The van der Waals surface area contributed by atoms with Crippen LogP contribution in [0.15, 0.2) is 12.2 Å². The van der Waals surface area contributed by atoms with E-state index in [4.69, 9.17) is 9.84 Å². The number of carboxylic acid groups (broad SMARTS) is 1. The van der Waals surface area contributed by atoms with Crippen molar-refractivity contribution < 1.29 is 19.4 Å². The molecule has 5 heteroatoms. The van der Waals surface area contributed by atoms with Crippen molar-refractivity contribution in [3.8, 4) is 0 Å². The molecule has 0 aromatic rings. The summed E-state index contributed by atoms with van der Waals surface area (Å²) < 4.78 is 5.23. The number of aliphatic carboxylic acids is 1. The molecule has 0 aromatic heterocycles. The third-order valence-electron chi connectivity index (χ3n) is 2.89. The third-order valence-corrected chi connectivity index (χ3v) is 2.89. The van der Waals surface area contributed by atoms with E-state index in [1.165, 1.54) is 0 Å². The Kier molecular flexibility index (Phi) is 6.59. The van der Waals surface area contributed by atoms with Crippen molar-refractivity contribution in [1.82, 2.24) is 5.32 Å². The Morgan fingerprint density at radius 2 is 1.74 bits per heavy atom. The maximum Gasteiger partial charge on any atom is 0.408 e. The zero-order chi connectivity index (χ0) is 15.1. The van der Waals surface area contributed by atoms with Crippen LogP contribution in [0.25, 0.3) is 0 Å². The SMILES string of the molecule is CCC(CC)(C/C=C/C(=O)O)NC(=O)OC(C)(C)C. The molecule has 5 nitrogen and oxygen atoms in total. The number of carboxylic acids is 1. The van der Waals surface area contributed by atoms with Crippen molar-refractivity contribution in [2.75, 3.05) is 0 Å². The molecule has 0 unspecified atom stereocenters. The standard InChI is InChI=1S/C14H25NO4/c1-6-14(7-2,10-8-9-11(16)17)15-12(18)19-13(3,4)5/h8-9H,6-7,10H2,1-5H3,(H,15,18)(H,16,17)/b9-8+. The van der Waals surface area contributed by atoms with E-state index in [2.05, 4.69) is 5.32 Å². The molecule has 0 atom stereocenters. The van der Waals surface area contributed by atoms with Crippen molar-refractivity contribution in [1.29, 1.82) is 0 Å². The Morgan fingerprint density at radius 3 is 2.11 bits per heavy atom. The van der Waals surface area contributed by atoms with E-state index >= 15 is 0 Å². The molecule has 1 amide bonds.